The maximum absolute atomic E-state index is 10.9. The number of rotatable bonds is 2. The van der Waals surface area contributed by atoms with E-state index in [-0.39, 0.29) is 6.54 Å². The predicted molar refractivity (Wildman–Crippen MR) is 44.4 cm³/mol. The summed E-state index contributed by atoms with van der Waals surface area (Å²) in [7, 11) is 0. The first kappa shape index (κ1) is 8.14. The summed E-state index contributed by atoms with van der Waals surface area (Å²) in [6.07, 6.45) is 6.27. The lowest BCUT2D eigenvalue weighted by Crippen LogP contribution is -2.34. The van der Waals surface area contributed by atoms with E-state index < -0.39 is 11.2 Å². The van der Waals surface area contributed by atoms with Gasteiger partial charge in [0.15, 0.2) is 0 Å². The molecule has 1 aromatic rings. The maximum atomic E-state index is 10.9. The SMILES string of the molecule is C#CCNn1ccc(=O)[nH]c1=O. The average Bonchev–Trinajstić information content (AvgIpc) is 2.03. The molecule has 2 N–H and O–H groups in total. The average molecular weight is 165 g/mol. The fraction of sp³-hybridized carbons (Fsp3) is 0.143. The van der Waals surface area contributed by atoms with Gasteiger partial charge in [-0.25, -0.2) is 9.47 Å². The number of aromatic amines is 1. The molecule has 0 aliphatic rings. The highest BCUT2D eigenvalue weighted by Crippen LogP contribution is 1.66. The summed E-state index contributed by atoms with van der Waals surface area (Å²) in [5.41, 5.74) is 1.63. The van der Waals surface area contributed by atoms with Gasteiger partial charge in [-0.3, -0.25) is 9.78 Å². The van der Waals surface area contributed by atoms with Crippen LogP contribution in [0.25, 0.3) is 0 Å². The van der Waals surface area contributed by atoms with Crippen LogP contribution in [0.4, 0.5) is 0 Å². The molecule has 0 bridgehead atoms. The fourth-order valence-corrected chi connectivity index (χ4v) is 0.673. The molecule has 1 aromatic heterocycles. The highest BCUT2D eigenvalue weighted by atomic mass is 16.2. The van der Waals surface area contributed by atoms with Gasteiger partial charge < -0.3 is 5.43 Å². The Bertz CT molecular complexity index is 410. The summed E-state index contributed by atoms with van der Waals surface area (Å²) in [5, 5.41) is 0. The zero-order chi connectivity index (χ0) is 8.97. The largest absolute Gasteiger partial charge is 0.346 e. The van der Waals surface area contributed by atoms with E-state index in [1.165, 1.54) is 12.3 Å². The normalized spacial score (nSPS) is 8.92. The first-order valence-corrected chi connectivity index (χ1v) is 3.23. The Labute approximate surface area is 68.0 Å². The van der Waals surface area contributed by atoms with Crippen molar-refractivity contribution in [1.29, 1.82) is 0 Å². The van der Waals surface area contributed by atoms with Gasteiger partial charge in [0.1, 0.15) is 0 Å². The Morgan fingerprint density at radius 1 is 1.67 bits per heavy atom. The van der Waals surface area contributed by atoms with E-state index in [1.807, 2.05) is 0 Å². The summed E-state index contributed by atoms with van der Waals surface area (Å²) >= 11 is 0. The predicted octanol–water partition coefficient (Wildman–Crippen LogP) is -1.29. The molecule has 0 amide bonds. The topological polar surface area (TPSA) is 66.9 Å². The molecule has 1 heterocycles. The number of hydrogen-bond donors (Lipinski definition) is 2. The van der Waals surface area contributed by atoms with Crippen molar-refractivity contribution >= 4 is 0 Å². The van der Waals surface area contributed by atoms with Crippen LogP contribution in [0.1, 0.15) is 0 Å². The van der Waals surface area contributed by atoms with E-state index in [9.17, 15) is 9.59 Å². The van der Waals surface area contributed by atoms with Crippen molar-refractivity contribution in [2.75, 3.05) is 12.0 Å². The number of H-pyrrole nitrogens is 1. The summed E-state index contributed by atoms with van der Waals surface area (Å²) in [6.45, 7) is 0.228. The standard InChI is InChI=1S/C7H7N3O2/c1-2-4-8-10-5-3-6(11)9-7(10)12/h1,3,5,8H,4H2,(H,9,11,12). The molecule has 62 valence electrons. The quantitative estimate of drug-likeness (QED) is 0.536. The van der Waals surface area contributed by atoms with E-state index in [0.29, 0.717) is 0 Å². The second-order valence-electron chi connectivity index (χ2n) is 2.02. The summed E-state index contributed by atoms with van der Waals surface area (Å²) < 4.78 is 1.11. The molecular weight excluding hydrogens is 158 g/mol. The lowest BCUT2D eigenvalue weighted by Gasteiger charge is -2.02. The number of aromatic nitrogens is 2. The van der Waals surface area contributed by atoms with Crippen LogP contribution in [-0.2, 0) is 0 Å². The van der Waals surface area contributed by atoms with Crippen LogP contribution in [0.2, 0.25) is 0 Å². The Morgan fingerprint density at radius 2 is 2.42 bits per heavy atom. The molecule has 1 rings (SSSR count). The smallest absolute Gasteiger partial charge is 0.310 e. The van der Waals surface area contributed by atoms with E-state index in [0.717, 1.165) is 4.68 Å². The van der Waals surface area contributed by atoms with Crippen LogP contribution in [0.3, 0.4) is 0 Å². The van der Waals surface area contributed by atoms with Gasteiger partial charge in [-0.1, -0.05) is 5.92 Å². The molecule has 0 spiro atoms. The third-order valence-corrected chi connectivity index (χ3v) is 1.18. The third kappa shape index (κ3) is 1.76. The monoisotopic (exact) mass is 165 g/mol. The van der Waals surface area contributed by atoms with E-state index in [2.05, 4.69) is 16.3 Å². The molecule has 5 heteroatoms. The summed E-state index contributed by atoms with van der Waals surface area (Å²) in [4.78, 5) is 23.6. The van der Waals surface area contributed by atoms with Crippen LogP contribution >= 0.6 is 0 Å². The van der Waals surface area contributed by atoms with Crippen molar-refractivity contribution in [2.24, 2.45) is 0 Å². The molecular formula is C7H7N3O2. The van der Waals surface area contributed by atoms with Crippen LogP contribution in [0.5, 0.6) is 0 Å². The zero-order valence-corrected chi connectivity index (χ0v) is 6.20. The third-order valence-electron chi connectivity index (χ3n) is 1.18. The molecule has 0 saturated carbocycles. The van der Waals surface area contributed by atoms with Gasteiger partial charge in [0, 0.05) is 12.3 Å². The van der Waals surface area contributed by atoms with Gasteiger partial charge in [-0.15, -0.1) is 6.42 Å². The van der Waals surface area contributed by atoms with Crippen LogP contribution in [-0.4, -0.2) is 16.2 Å². The molecule has 0 saturated heterocycles. The minimum Gasteiger partial charge on any atom is -0.310 e. The lowest BCUT2D eigenvalue weighted by molar-refractivity contribution is 0.795. The highest BCUT2D eigenvalue weighted by Gasteiger charge is 1.91. The highest BCUT2D eigenvalue weighted by molar-refractivity contribution is 4.95. The minimum atomic E-state index is -0.530. The van der Waals surface area contributed by atoms with E-state index >= 15 is 0 Å². The number of hydrogen-bond acceptors (Lipinski definition) is 3. The molecule has 0 fully saturated rings. The van der Waals surface area contributed by atoms with Crippen molar-refractivity contribution in [3.8, 4) is 12.3 Å². The molecule has 0 atom stereocenters. The minimum absolute atomic E-state index is 0.228. The molecule has 0 aliphatic heterocycles. The second kappa shape index (κ2) is 3.44. The van der Waals surface area contributed by atoms with Gasteiger partial charge in [0.05, 0.1) is 6.54 Å². The number of nitrogens with one attached hydrogen (secondary N) is 2. The zero-order valence-electron chi connectivity index (χ0n) is 6.20. The van der Waals surface area contributed by atoms with Crippen LogP contribution < -0.4 is 16.7 Å². The van der Waals surface area contributed by atoms with E-state index in [1.54, 1.807) is 0 Å². The van der Waals surface area contributed by atoms with Gasteiger partial charge in [-0.2, -0.15) is 0 Å². The maximum Gasteiger partial charge on any atom is 0.346 e. The Kier molecular flexibility index (Phi) is 2.33. The number of nitrogens with zero attached hydrogens (tertiary/aromatic N) is 1. The van der Waals surface area contributed by atoms with Crippen molar-refractivity contribution in [2.45, 2.75) is 0 Å². The van der Waals surface area contributed by atoms with Gasteiger partial charge in [0.2, 0.25) is 0 Å². The summed E-state index contributed by atoms with van der Waals surface area (Å²) in [6, 6.07) is 1.23. The molecule has 12 heavy (non-hydrogen) atoms. The Morgan fingerprint density at radius 3 is 3.00 bits per heavy atom. The molecule has 0 unspecified atom stereocenters. The van der Waals surface area contributed by atoms with E-state index in [4.69, 9.17) is 6.42 Å². The second-order valence-corrected chi connectivity index (χ2v) is 2.02. The van der Waals surface area contributed by atoms with Crippen molar-refractivity contribution in [1.82, 2.24) is 9.66 Å². The molecule has 5 nitrogen and oxygen atoms in total. The molecule has 0 aliphatic carbocycles. The van der Waals surface area contributed by atoms with Crippen molar-refractivity contribution in [3.05, 3.63) is 33.1 Å². The van der Waals surface area contributed by atoms with Crippen molar-refractivity contribution < 1.29 is 0 Å². The lowest BCUT2D eigenvalue weighted by atomic mass is 10.6. The van der Waals surface area contributed by atoms with Gasteiger partial charge in [0.25, 0.3) is 5.56 Å². The van der Waals surface area contributed by atoms with Crippen molar-refractivity contribution in [3.63, 3.8) is 0 Å². The van der Waals surface area contributed by atoms with Gasteiger partial charge >= 0.3 is 5.69 Å². The van der Waals surface area contributed by atoms with Crippen LogP contribution in [0, 0.1) is 12.3 Å². The first-order chi connectivity index (χ1) is 5.74. The fourth-order valence-electron chi connectivity index (χ4n) is 0.673. The van der Waals surface area contributed by atoms with Crippen LogP contribution in [0.15, 0.2) is 21.9 Å². The molecule has 0 aromatic carbocycles. The Hall–Kier alpha value is -1.96. The number of terminal acetylenes is 1. The first-order valence-electron chi connectivity index (χ1n) is 3.23. The summed E-state index contributed by atoms with van der Waals surface area (Å²) in [5.74, 6) is 2.30. The van der Waals surface area contributed by atoms with Gasteiger partial charge in [-0.05, 0) is 0 Å². The Balaban J connectivity index is 2.96. The molecule has 0 radical (unpaired) electrons.